The monoisotopic (exact) mass is 185 g/mol. The fourth-order valence-corrected chi connectivity index (χ4v) is 1.47. The van der Waals surface area contributed by atoms with Gasteiger partial charge in [-0.3, -0.25) is 4.90 Å². The van der Waals surface area contributed by atoms with Crippen LogP contribution in [0.2, 0.25) is 0 Å². The van der Waals surface area contributed by atoms with Gasteiger partial charge in [0.1, 0.15) is 0 Å². The van der Waals surface area contributed by atoms with Crippen LogP contribution >= 0.6 is 11.8 Å². The Labute approximate surface area is 80.5 Å². The van der Waals surface area contributed by atoms with Crippen molar-refractivity contribution in [3.8, 4) is 0 Å². The third-order valence-electron chi connectivity index (χ3n) is 1.60. The third kappa shape index (κ3) is 6.50. The van der Waals surface area contributed by atoms with E-state index >= 15 is 0 Å². The zero-order chi connectivity index (χ0) is 9.23. The lowest BCUT2D eigenvalue weighted by Crippen LogP contribution is -2.25. The van der Waals surface area contributed by atoms with Crippen LogP contribution in [-0.2, 0) is 0 Å². The van der Waals surface area contributed by atoms with Crippen LogP contribution in [0.4, 0.5) is 0 Å². The quantitative estimate of drug-likeness (QED) is 0.422. The lowest BCUT2D eigenvalue weighted by Gasteiger charge is -2.17. The summed E-state index contributed by atoms with van der Waals surface area (Å²) in [4.78, 5) is 2.34. The second-order valence-corrected chi connectivity index (χ2v) is 3.67. The molecule has 0 N–H and O–H groups in total. The molecule has 0 aromatic carbocycles. The zero-order valence-electron chi connectivity index (χ0n) is 7.96. The van der Waals surface area contributed by atoms with Crippen LogP contribution in [0, 0.1) is 0 Å². The van der Waals surface area contributed by atoms with Crippen molar-refractivity contribution in [1.29, 1.82) is 0 Å². The average Bonchev–Trinajstić information content (AvgIpc) is 2.06. The van der Waals surface area contributed by atoms with Crippen molar-refractivity contribution in [3.05, 3.63) is 25.3 Å². The van der Waals surface area contributed by atoms with E-state index in [-0.39, 0.29) is 0 Å². The van der Waals surface area contributed by atoms with E-state index in [2.05, 4.69) is 24.3 Å². The largest absolute Gasteiger partial charge is 0.296 e. The molecule has 0 heterocycles. The molecule has 0 amide bonds. The summed E-state index contributed by atoms with van der Waals surface area (Å²) in [5, 5.41) is 0. The van der Waals surface area contributed by atoms with Crippen LogP contribution < -0.4 is 0 Å². The Balaban J connectivity index is 3.47. The first-order valence-electron chi connectivity index (χ1n) is 4.28. The minimum atomic E-state index is 0.973. The van der Waals surface area contributed by atoms with Crippen molar-refractivity contribution in [3.63, 3.8) is 0 Å². The highest BCUT2D eigenvalue weighted by Crippen LogP contribution is 1.98. The van der Waals surface area contributed by atoms with E-state index in [0.717, 1.165) is 19.6 Å². The highest BCUT2D eigenvalue weighted by molar-refractivity contribution is 7.98. The van der Waals surface area contributed by atoms with Gasteiger partial charge in [-0.25, -0.2) is 0 Å². The zero-order valence-corrected chi connectivity index (χ0v) is 8.78. The Morgan fingerprint density at radius 2 is 1.83 bits per heavy atom. The molecule has 0 aliphatic carbocycles. The summed E-state index contributed by atoms with van der Waals surface area (Å²) >= 11 is 1.90. The van der Waals surface area contributed by atoms with Crippen LogP contribution in [-0.4, -0.2) is 36.5 Å². The van der Waals surface area contributed by atoms with Crippen LogP contribution in [0.1, 0.15) is 6.42 Å². The molecule has 0 aromatic rings. The first kappa shape index (κ1) is 11.8. The maximum Gasteiger partial charge on any atom is 0.0163 e. The lowest BCUT2D eigenvalue weighted by atomic mass is 10.4. The summed E-state index contributed by atoms with van der Waals surface area (Å²) in [6.07, 6.45) is 7.29. The highest BCUT2D eigenvalue weighted by Gasteiger charge is 1.98. The molecule has 0 saturated carbocycles. The van der Waals surface area contributed by atoms with Crippen molar-refractivity contribution in [2.75, 3.05) is 31.6 Å². The molecule has 12 heavy (non-hydrogen) atoms. The molecule has 0 aliphatic rings. The number of hydrogen-bond donors (Lipinski definition) is 0. The Morgan fingerprint density at radius 1 is 1.25 bits per heavy atom. The van der Waals surface area contributed by atoms with Crippen LogP contribution in [0.5, 0.6) is 0 Å². The van der Waals surface area contributed by atoms with Crippen LogP contribution in [0.25, 0.3) is 0 Å². The maximum absolute atomic E-state index is 3.73. The van der Waals surface area contributed by atoms with Gasteiger partial charge >= 0.3 is 0 Å². The van der Waals surface area contributed by atoms with Gasteiger partial charge in [-0.15, -0.1) is 13.2 Å². The summed E-state index contributed by atoms with van der Waals surface area (Å²) in [5.41, 5.74) is 0. The van der Waals surface area contributed by atoms with Gasteiger partial charge in [0.15, 0.2) is 0 Å². The van der Waals surface area contributed by atoms with Crippen LogP contribution in [0.3, 0.4) is 0 Å². The van der Waals surface area contributed by atoms with Gasteiger partial charge in [-0.1, -0.05) is 12.2 Å². The standard InChI is InChI=1S/C10H19NS/c1-4-7-11(8-5-2)9-6-10-12-3/h4-5H,1-2,6-10H2,3H3. The van der Waals surface area contributed by atoms with Crippen LogP contribution in [0.15, 0.2) is 25.3 Å². The summed E-state index contributed by atoms with van der Waals surface area (Å²) in [6, 6.07) is 0. The second kappa shape index (κ2) is 8.88. The van der Waals surface area contributed by atoms with Gasteiger partial charge in [-0.2, -0.15) is 11.8 Å². The van der Waals surface area contributed by atoms with Crippen molar-refractivity contribution in [1.82, 2.24) is 4.90 Å². The molecule has 0 spiro atoms. The van der Waals surface area contributed by atoms with Gasteiger partial charge in [-0.05, 0) is 25.0 Å². The minimum absolute atomic E-state index is 0.973. The molecule has 0 aromatic heterocycles. The summed E-state index contributed by atoms with van der Waals surface area (Å²) in [6.45, 7) is 10.6. The third-order valence-corrected chi connectivity index (χ3v) is 2.29. The van der Waals surface area contributed by atoms with E-state index in [1.54, 1.807) is 0 Å². The van der Waals surface area contributed by atoms with Gasteiger partial charge in [0.2, 0.25) is 0 Å². The van der Waals surface area contributed by atoms with Crippen molar-refractivity contribution in [2.24, 2.45) is 0 Å². The van der Waals surface area contributed by atoms with Crippen molar-refractivity contribution in [2.45, 2.75) is 6.42 Å². The molecule has 1 nitrogen and oxygen atoms in total. The molecule has 70 valence electrons. The van der Waals surface area contributed by atoms with E-state index in [4.69, 9.17) is 0 Å². The molecule has 0 saturated heterocycles. The molecule has 0 unspecified atom stereocenters. The first-order valence-corrected chi connectivity index (χ1v) is 5.67. The lowest BCUT2D eigenvalue weighted by molar-refractivity contribution is 0.337. The molecule has 0 bridgehead atoms. The predicted molar refractivity (Wildman–Crippen MR) is 59.8 cm³/mol. The van der Waals surface area contributed by atoms with E-state index in [0.29, 0.717) is 0 Å². The molecule has 0 radical (unpaired) electrons. The van der Waals surface area contributed by atoms with E-state index in [1.807, 2.05) is 23.9 Å². The Hall–Kier alpha value is -0.210. The Bertz CT molecular complexity index is 113. The fraction of sp³-hybridized carbons (Fsp3) is 0.600. The second-order valence-electron chi connectivity index (χ2n) is 2.68. The van der Waals surface area contributed by atoms with Gasteiger partial charge < -0.3 is 0 Å². The van der Waals surface area contributed by atoms with Gasteiger partial charge in [0.25, 0.3) is 0 Å². The highest BCUT2D eigenvalue weighted by atomic mass is 32.2. The molecule has 0 aliphatic heterocycles. The first-order chi connectivity index (χ1) is 5.85. The normalized spacial score (nSPS) is 10.2. The summed E-state index contributed by atoms with van der Waals surface area (Å²) in [7, 11) is 0. The predicted octanol–water partition coefficient (Wildman–Crippen LogP) is 2.41. The molecule has 0 atom stereocenters. The van der Waals surface area contributed by atoms with E-state index in [1.165, 1.54) is 12.2 Å². The smallest absolute Gasteiger partial charge is 0.0163 e. The fourth-order valence-electron chi connectivity index (χ4n) is 1.05. The molecule has 2 heteroatoms. The number of rotatable bonds is 8. The molecule has 0 rings (SSSR count). The van der Waals surface area contributed by atoms with E-state index in [9.17, 15) is 0 Å². The van der Waals surface area contributed by atoms with Crippen molar-refractivity contribution < 1.29 is 0 Å². The van der Waals surface area contributed by atoms with Gasteiger partial charge in [0, 0.05) is 13.1 Å². The Morgan fingerprint density at radius 3 is 2.25 bits per heavy atom. The van der Waals surface area contributed by atoms with E-state index < -0.39 is 0 Å². The topological polar surface area (TPSA) is 3.24 Å². The molecular weight excluding hydrogens is 166 g/mol. The summed E-state index contributed by atoms with van der Waals surface area (Å²) in [5.74, 6) is 1.24. The van der Waals surface area contributed by atoms with Crippen molar-refractivity contribution >= 4 is 11.8 Å². The van der Waals surface area contributed by atoms with Gasteiger partial charge in [0.05, 0.1) is 0 Å². The number of thioether (sulfide) groups is 1. The average molecular weight is 185 g/mol. The minimum Gasteiger partial charge on any atom is -0.296 e. The molecular formula is C10H19NS. The Kier molecular flexibility index (Phi) is 8.73. The number of hydrogen-bond acceptors (Lipinski definition) is 2. The number of nitrogens with zero attached hydrogens (tertiary/aromatic N) is 1. The summed E-state index contributed by atoms with van der Waals surface area (Å²) < 4.78 is 0. The SMILES string of the molecule is C=CCN(CC=C)CCCSC. The maximum atomic E-state index is 3.73. The molecule has 0 fully saturated rings.